The maximum atomic E-state index is 11.6. The van der Waals surface area contributed by atoms with E-state index in [9.17, 15) is 8.42 Å². The van der Waals surface area contributed by atoms with Crippen LogP contribution in [0, 0.1) is 0 Å². The highest BCUT2D eigenvalue weighted by Gasteiger charge is 2.28. The minimum atomic E-state index is -2.77. The maximum Gasteiger partial charge on any atom is 0.152 e. The van der Waals surface area contributed by atoms with E-state index in [1.54, 1.807) is 0 Å². The second-order valence-electron chi connectivity index (χ2n) is 8.83. The van der Waals surface area contributed by atoms with Gasteiger partial charge in [0.15, 0.2) is 9.84 Å². The smallest absolute Gasteiger partial charge is 0.152 e. The van der Waals surface area contributed by atoms with Crippen LogP contribution in [0.1, 0.15) is 58.8 Å². The van der Waals surface area contributed by atoms with Gasteiger partial charge in [0, 0.05) is 31.2 Å². The molecule has 3 aliphatic heterocycles. The van der Waals surface area contributed by atoms with E-state index in [0.717, 1.165) is 25.2 Å². The Morgan fingerprint density at radius 2 is 1.12 bits per heavy atom. The van der Waals surface area contributed by atoms with Crippen molar-refractivity contribution in [3.05, 3.63) is 0 Å². The average Bonchev–Trinajstić information content (AvgIpc) is 3.09. The minimum absolute atomic E-state index is 0.347. The molecule has 0 radical (unpaired) electrons. The summed E-state index contributed by atoms with van der Waals surface area (Å²) in [4.78, 5) is 7.75. The Kier molecular flexibility index (Phi) is 7.40. The predicted octanol–water partition coefficient (Wildman–Crippen LogP) is 2.22. The van der Waals surface area contributed by atoms with Gasteiger partial charge in [-0.25, -0.2) is 8.42 Å². The van der Waals surface area contributed by atoms with Crippen molar-refractivity contribution in [1.29, 1.82) is 0 Å². The zero-order chi connectivity index (χ0) is 18.6. The lowest BCUT2D eigenvalue weighted by atomic mass is 9.96. The molecule has 0 saturated carbocycles. The van der Waals surface area contributed by atoms with Crippen molar-refractivity contribution in [2.75, 3.05) is 50.8 Å². The molecule has 3 atom stereocenters. The van der Waals surface area contributed by atoms with Crippen LogP contribution in [0.5, 0.6) is 0 Å². The van der Waals surface area contributed by atoms with Crippen LogP contribution in [0.25, 0.3) is 0 Å². The van der Waals surface area contributed by atoms with Crippen molar-refractivity contribution in [3.63, 3.8) is 0 Å². The second kappa shape index (κ2) is 9.35. The molecule has 26 heavy (non-hydrogen) atoms. The summed E-state index contributed by atoms with van der Waals surface area (Å²) in [5.74, 6) is 0.695. The molecule has 0 aliphatic carbocycles. The Bertz CT molecular complexity index is 515. The van der Waals surface area contributed by atoms with Crippen molar-refractivity contribution in [3.8, 4) is 0 Å². The first kappa shape index (κ1) is 20.6. The SMILES string of the molecule is CC(CCC(CCC(C)N1CCS(=O)(=O)CC1)N1CCC1)N1CCCC1. The van der Waals surface area contributed by atoms with Gasteiger partial charge in [-0.2, -0.15) is 0 Å². The Morgan fingerprint density at radius 3 is 1.58 bits per heavy atom. The number of nitrogens with zero attached hydrogens (tertiary/aromatic N) is 3. The van der Waals surface area contributed by atoms with E-state index in [-0.39, 0.29) is 0 Å². The first-order valence-corrected chi connectivity index (χ1v) is 12.7. The van der Waals surface area contributed by atoms with E-state index in [2.05, 4.69) is 28.5 Å². The molecule has 152 valence electrons. The summed E-state index contributed by atoms with van der Waals surface area (Å²) < 4.78 is 23.3. The van der Waals surface area contributed by atoms with Crippen LogP contribution in [0.3, 0.4) is 0 Å². The largest absolute Gasteiger partial charge is 0.301 e. The van der Waals surface area contributed by atoms with Crippen molar-refractivity contribution < 1.29 is 8.42 Å². The summed E-state index contributed by atoms with van der Waals surface area (Å²) in [7, 11) is -2.77. The van der Waals surface area contributed by atoms with E-state index in [1.807, 2.05) is 0 Å². The van der Waals surface area contributed by atoms with E-state index in [0.29, 0.717) is 17.5 Å². The maximum absolute atomic E-state index is 11.6. The second-order valence-corrected chi connectivity index (χ2v) is 11.1. The molecule has 0 amide bonds. The van der Waals surface area contributed by atoms with Crippen molar-refractivity contribution in [2.45, 2.75) is 76.9 Å². The standard InChI is InChI=1S/C20H39N3O2S/c1-18(21-10-3-4-11-21)6-8-20(23-12-5-13-23)9-7-19(2)22-14-16-26(24,25)17-15-22/h18-20H,3-17H2,1-2H3. The van der Waals surface area contributed by atoms with Crippen LogP contribution in [0.4, 0.5) is 0 Å². The molecular weight excluding hydrogens is 346 g/mol. The molecule has 0 aromatic rings. The molecule has 0 aromatic heterocycles. The third-order valence-electron chi connectivity index (χ3n) is 7.01. The Hall–Kier alpha value is -0.170. The zero-order valence-corrected chi connectivity index (χ0v) is 17.7. The summed E-state index contributed by atoms with van der Waals surface area (Å²) >= 11 is 0. The van der Waals surface area contributed by atoms with Crippen LogP contribution in [0.2, 0.25) is 0 Å². The van der Waals surface area contributed by atoms with Gasteiger partial charge in [0.05, 0.1) is 11.5 Å². The van der Waals surface area contributed by atoms with E-state index < -0.39 is 9.84 Å². The van der Waals surface area contributed by atoms with Crippen molar-refractivity contribution >= 4 is 9.84 Å². The van der Waals surface area contributed by atoms with Crippen LogP contribution in [-0.4, -0.2) is 92.0 Å². The number of hydrogen-bond acceptors (Lipinski definition) is 5. The van der Waals surface area contributed by atoms with Crippen LogP contribution in [0.15, 0.2) is 0 Å². The van der Waals surface area contributed by atoms with Crippen molar-refractivity contribution in [1.82, 2.24) is 14.7 Å². The van der Waals surface area contributed by atoms with Crippen molar-refractivity contribution in [2.24, 2.45) is 0 Å². The fourth-order valence-electron chi connectivity index (χ4n) is 4.80. The highest BCUT2D eigenvalue weighted by molar-refractivity contribution is 7.91. The Morgan fingerprint density at radius 1 is 0.654 bits per heavy atom. The third kappa shape index (κ3) is 5.66. The van der Waals surface area contributed by atoms with Crippen LogP contribution in [-0.2, 0) is 9.84 Å². The number of hydrogen-bond donors (Lipinski definition) is 0. The van der Waals surface area contributed by atoms with Gasteiger partial charge in [-0.05, 0) is 85.0 Å². The van der Waals surface area contributed by atoms with Gasteiger partial charge in [-0.15, -0.1) is 0 Å². The highest BCUT2D eigenvalue weighted by atomic mass is 32.2. The monoisotopic (exact) mass is 385 g/mol. The fourth-order valence-corrected chi connectivity index (χ4v) is 6.03. The summed E-state index contributed by atoms with van der Waals surface area (Å²) in [6.07, 6.45) is 9.20. The molecular formula is C20H39N3O2S. The summed E-state index contributed by atoms with van der Waals surface area (Å²) in [5.41, 5.74) is 0. The first-order chi connectivity index (χ1) is 12.4. The summed E-state index contributed by atoms with van der Waals surface area (Å²) in [6.45, 7) is 11.3. The normalized spacial score (nSPS) is 28.5. The molecule has 3 unspecified atom stereocenters. The lowest BCUT2D eigenvalue weighted by Crippen LogP contribution is -2.48. The van der Waals surface area contributed by atoms with Crippen LogP contribution < -0.4 is 0 Å². The van der Waals surface area contributed by atoms with Gasteiger partial charge >= 0.3 is 0 Å². The van der Waals surface area contributed by atoms with E-state index in [1.165, 1.54) is 71.1 Å². The number of rotatable bonds is 9. The van der Waals surface area contributed by atoms with E-state index >= 15 is 0 Å². The topological polar surface area (TPSA) is 43.9 Å². The average molecular weight is 386 g/mol. The molecule has 3 heterocycles. The first-order valence-electron chi connectivity index (χ1n) is 10.9. The molecule has 0 N–H and O–H groups in total. The summed E-state index contributed by atoms with van der Waals surface area (Å²) in [5, 5.41) is 0. The molecule has 0 spiro atoms. The molecule has 0 bridgehead atoms. The zero-order valence-electron chi connectivity index (χ0n) is 16.9. The number of likely N-dealkylation sites (tertiary alicyclic amines) is 2. The van der Waals surface area contributed by atoms with Gasteiger partial charge < -0.3 is 9.80 Å². The third-order valence-corrected chi connectivity index (χ3v) is 8.62. The number of sulfone groups is 1. The van der Waals surface area contributed by atoms with Gasteiger partial charge in [0.2, 0.25) is 0 Å². The molecule has 3 fully saturated rings. The summed E-state index contributed by atoms with van der Waals surface area (Å²) in [6, 6.07) is 1.96. The molecule has 3 rings (SSSR count). The van der Waals surface area contributed by atoms with Gasteiger partial charge in [0.25, 0.3) is 0 Å². The minimum Gasteiger partial charge on any atom is -0.301 e. The highest BCUT2D eigenvalue weighted by Crippen LogP contribution is 2.24. The van der Waals surface area contributed by atoms with Gasteiger partial charge in [0.1, 0.15) is 0 Å². The molecule has 0 aromatic carbocycles. The van der Waals surface area contributed by atoms with E-state index in [4.69, 9.17) is 0 Å². The quantitative estimate of drug-likeness (QED) is 0.609. The lowest BCUT2D eigenvalue weighted by Gasteiger charge is -2.40. The molecule has 6 heteroatoms. The molecule has 3 aliphatic rings. The Labute approximate surface area is 161 Å². The molecule has 5 nitrogen and oxygen atoms in total. The predicted molar refractivity (Wildman–Crippen MR) is 108 cm³/mol. The molecule has 3 saturated heterocycles. The van der Waals surface area contributed by atoms with Crippen LogP contribution >= 0.6 is 0 Å². The Balaban J connectivity index is 1.42. The van der Waals surface area contributed by atoms with Gasteiger partial charge in [-0.3, -0.25) is 4.90 Å². The lowest BCUT2D eigenvalue weighted by molar-refractivity contribution is 0.0876. The fraction of sp³-hybridized carbons (Fsp3) is 1.00. The van der Waals surface area contributed by atoms with Gasteiger partial charge in [-0.1, -0.05) is 0 Å².